The summed E-state index contributed by atoms with van der Waals surface area (Å²) in [4.78, 5) is 0. The molecule has 0 bridgehead atoms. The van der Waals surface area contributed by atoms with Crippen LogP contribution in [0.25, 0.3) is 10.9 Å². The van der Waals surface area contributed by atoms with Crippen LogP contribution < -0.4 is 20.1 Å². The second-order valence-corrected chi connectivity index (χ2v) is 7.29. The van der Waals surface area contributed by atoms with Gasteiger partial charge in [-0.3, -0.25) is 0 Å². The van der Waals surface area contributed by atoms with Crippen molar-refractivity contribution < 1.29 is 9.13 Å². The van der Waals surface area contributed by atoms with Crippen molar-refractivity contribution in [3.8, 4) is 5.75 Å². The van der Waals surface area contributed by atoms with E-state index in [2.05, 4.69) is 103 Å². The van der Waals surface area contributed by atoms with Crippen LogP contribution in [0.15, 0.2) is 85.1 Å². The van der Waals surface area contributed by atoms with Gasteiger partial charge in [-0.05, 0) is 38.1 Å². The van der Waals surface area contributed by atoms with Crippen molar-refractivity contribution in [1.29, 1.82) is 0 Å². The summed E-state index contributed by atoms with van der Waals surface area (Å²) in [6, 6.07) is 28.0. The van der Waals surface area contributed by atoms with Gasteiger partial charge in [-0.25, -0.2) is 0 Å². The Kier molecular flexibility index (Phi) is 3.20. The van der Waals surface area contributed by atoms with Gasteiger partial charge in [0.1, 0.15) is 11.9 Å². The molecule has 0 saturated heterocycles. The van der Waals surface area contributed by atoms with Crippen molar-refractivity contribution in [2.24, 2.45) is 0 Å². The van der Waals surface area contributed by atoms with E-state index in [1.54, 1.807) is 0 Å². The van der Waals surface area contributed by atoms with Gasteiger partial charge in [0.05, 0.1) is 0 Å². The van der Waals surface area contributed by atoms with Crippen LogP contribution in [0.3, 0.4) is 0 Å². The lowest BCUT2D eigenvalue weighted by Gasteiger charge is -2.31. The van der Waals surface area contributed by atoms with Crippen LogP contribution in [0.4, 0.5) is 0 Å². The van der Waals surface area contributed by atoms with Gasteiger partial charge in [-0.15, -0.1) is 0 Å². The van der Waals surface area contributed by atoms with Crippen LogP contribution in [0.5, 0.6) is 5.75 Å². The van der Waals surface area contributed by atoms with Crippen molar-refractivity contribution in [2.45, 2.75) is 13.8 Å². The predicted octanol–water partition coefficient (Wildman–Crippen LogP) is 3.24. The number of benzene rings is 3. The summed E-state index contributed by atoms with van der Waals surface area (Å²) in [6.45, 7) is 2.68. The fourth-order valence-electron chi connectivity index (χ4n) is 4.21. The van der Waals surface area contributed by atoms with Crippen molar-refractivity contribution >= 4 is 28.3 Å². The molecule has 0 N–H and O–H groups in total. The number of aromatic nitrogens is 1. The lowest BCUT2D eigenvalue weighted by Crippen LogP contribution is -2.80. The van der Waals surface area contributed by atoms with E-state index in [1.807, 2.05) is 0 Å². The second-order valence-electron chi connectivity index (χ2n) is 7.29. The predicted molar refractivity (Wildman–Crippen MR) is 108 cm³/mol. The highest BCUT2D eigenvalue weighted by molar-refractivity contribution is 6.92. The first-order valence-electron chi connectivity index (χ1n) is 9.10. The van der Waals surface area contributed by atoms with Gasteiger partial charge >= 0.3 is 6.48 Å². The van der Waals surface area contributed by atoms with E-state index in [-0.39, 0.29) is 0 Å². The third kappa shape index (κ3) is 2.04. The highest BCUT2D eigenvalue weighted by atomic mass is 16.5. The Hall–Kier alpha value is -3.07. The number of rotatable bonds is 2. The third-order valence-electron chi connectivity index (χ3n) is 5.56. The minimum Gasteiger partial charge on any atom is -0.647 e. The molecule has 0 atom stereocenters. The minimum atomic E-state index is -1.56. The summed E-state index contributed by atoms with van der Waals surface area (Å²) < 4.78 is 9.12. The van der Waals surface area contributed by atoms with Gasteiger partial charge < -0.3 is 9.13 Å². The Labute approximate surface area is 153 Å². The monoisotopic (exact) mass is 337 g/mol. The summed E-state index contributed by atoms with van der Waals surface area (Å²) in [7, 11) is 0. The van der Waals surface area contributed by atoms with Crippen molar-refractivity contribution in [1.82, 2.24) is 0 Å². The molecule has 0 unspecified atom stereocenters. The van der Waals surface area contributed by atoms with Gasteiger partial charge in [-0.2, -0.15) is 0 Å². The maximum Gasteiger partial charge on any atom is 0.513 e. The van der Waals surface area contributed by atoms with E-state index in [1.165, 1.54) is 27.4 Å². The zero-order valence-electron chi connectivity index (χ0n) is 15.0. The number of nitrogens with zero attached hydrogens (tertiary/aromatic N) is 1. The largest absolute Gasteiger partial charge is 0.647 e. The maximum absolute atomic E-state index is 6.79. The van der Waals surface area contributed by atoms with Gasteiger partial charge in [0, 0.05) is 5.39 Å². The molecule has 0 spiro atoms. The van der Waals surface area contributed by atoms with Crippen molar-refractivity contribution in [3.05, 3.63) is 96.2 Å². The van der Waals surface area contributed by atoms with Crippen LogP contribution in [-0.4, -0.2) is 6.48 Å². The molecule has 0 radical (unpaired) electrons. The molecule has 0 amide bonds. The molecular weight excluding hydrogens is 317 g/mol. The number of para-hydroxylation sites is 1. The zero-order chi connectivity index (χ0) is 17.7. The van der Waals surface area contributed by atoms with Gasteiger partial charge in [0.2, 0.25) is 5.52 Å². The molecule has 5 rings (SSSR count). The number of hydrogen-bond acceptors (Lipinski definition) is 1. The molecule has 0 saturated carbocycles. The molecule has 1 aliphatic heterocycles. The quantitative estimate of drug-likeness (QED) is 0.512. The van der Waals surface area contributed by atoms with Crippen molar-refractivity contribution in [2.75, 3.05) is 0 Å². The molecule has 2 heterocycles. The van der Waals surface area contributed by atoms with Gasteiger partial charge in [-0.1, -0.05) is 76.6 Å². The minimum absolute atomic E-state index is 0.948. The van der Waals surface area contributed by atoms with E-state index >= 15 is 0 Å². The SMILES string of the molecule is Cc1ccc([B-]2(c3ccc(C)cc3)Oc3cccc4ccc[n+]2c34)cc1. The normalized spacial score (nSPS) is 14.4. The summed E-state index contributed by atoms with van der Waals surface area (Å²) in [5.41, 5.74) is 6.04. The highest BCUT2D eigenvalue weighted by Crippen LogP contribution is 2.30. The molecule has 0 aliphatic carbocycles. The van der Waals surface area contributed by atoms with Crippen LogP contribution in [0, 0.1) is 13.8 Å². The van der Waals surface area contributed by atoms with Crippen LogP contribution in [0.2, 0.25) is 0 Å². The lowest BCUT2D eigenvalue weighted by molar-refractivity contribution is -0.515. The molecule has 2 nitrogen and oxygen atoms in total. The van der Waals surface area contributed by atoms with Gasteiger partial charge in [0.25, 0.3) is 0 Å². The van der Waals surface area contributed by atoms with Crippen molar-refractivity contribution in [3.63, 3.8) is 0 Å². The molecule has 3 aromatic carbocycles. The third-order valence-corrected chi connectivity index (χ3v) is 5.56. The summed E-state index contributed by atoms with van der Waals surface area (Å²) in [6.07, 6.45) is 2.15. The first kappa shape index (κ1) is 15.2. The van der Waals surface area contributed by atoms with E-state index in [4.69, 9.17) is 4.65 Å². The zero-order valence-corrected chi connectivity index (χ0v) is 15.0. The van der Waals surface area contributed by atoms with Gasteiger partial charge in [0.15, 0.2) is 0 Å². The van der Waals surface area contributed by atoms with Crippen LogP contribution in [0.1, 0.15) is 11.1 Å². The van der Waals surface area contributed by atoms with E-state index in [0.29, 0.717) is 0 Å². The number of pyridine rings is 1. The molecule has 1 aromatic heterocycles. The highest BCUT2D eigenvalue weighted by Gasteiger charge is 2.50. The molecular formula is C23H20BNO. The first-order chi connectivity index (χ1) is 12.7. The Bertz CT molecular complexity index is 1070. The fraction of sp³-hybridized carbons (Fsp3) is 0.0870. The Balaban J connectivity index is 1.87. The van der Waals surface area contributed by atoms with E-state index in [0.717, 1.165) is 11.3 Å². The fourth-order valence-corrected chi connectivity index (χ4v) is 4.21. The average molecular weight is 337 g/mol. The molecule has 0 fully saturated rings. The summed E-state index contributed by atoms with van der Waals surface area (Å²) >= 11 is 0. The smallest absolute Gasteiger partial charge is 0.513 e. The molecule has 26 heavy (non-hydrogen) atoms. The van der Waals surface area contributed by atoms with E-state index in [9.17, 15) is 0 Å². The molecule has 1 aliphatic rings. The average Bonchev–Trinajstić information content (AvgIpc) is 3.01. The number of aryl methyl sites for hydroxylation is 2. The van der Waals surface area contributed by atoms with Crippen LogP contribution in [-0.2, 0) is 0 Å². The topological polar surface area (TPSA) is 13.1 Å². The Morgan fingerprint density at radius 1 is 0.692 bits per heavy atom. The Morgan fingerprint density at radius 3 is 1.88 bits per heavy atom. The van der Waals surface area contributed by atoms with E-state index < -0.39 is 6.48 Å². The first-order valence-corrected chi connectivity index (χ1v) is 9.10. The molecule has 4 aromatic rings. The lowest BCUT2D eigenvalue weighted by atomic mass is 9.41. The summed E-state index contributed by atoms with van der Waals surface area (Å²) in [5, 5.41) is 1.20. The maximum atomic E-state index is 6.79. The number of hydrogen-bond donors (Lipinski definition) is 0. The molecule has 126 valence electrons. The molecule has 3 heteroatoms. The Morgan fingerprint density at radius 2 is 1.27 bits per heavy atom. The second kappa shape index (κ2) is 5.47. The van der Waals surface area contributed by atoms with Crippen LogP contribution >= 0.6 is 0 Å². The standard InChI is InChI=1S/C23H20BNO/c1-17-8-12-20(13-9-17)24(21-14-10-18(2)11-15-21)25-16-4-6-19-5-3-7-22(26-24)23(19)25/h3-16H,1-2H3. The summed E-state index contributed by atoms with van der Waals surface area (Å²) in [5.74, 6) is 0.948.